The highest BCUT2D eigenvalue weighted by molar-refractivity contribution is 6.43. The predicted molar refractivity (Wildman–Crippen MR) is 142 cm³/mol. The van der Waals surface area contributed by atoms with Gasteiger partial charge in [-0.1, -0.05) is 44.0 Å². The Hall–Kier alpha value is -2.54. The van der Waals surface area contributed by atoms with E-state index >= 15 is 0 Å². The van der Waals surface area contributed by atoms with Gasteiger partial charge < -0.3 is 19.7 Å². The third-order valence-electron chi connectivity index (χ3n) is 5.89. The first kappa shape index (κ1) is 26.1. The van der Waals surface area contributed by atoms with Crippen LogP contribution in [0.2, 0.25) is 0 Å². The van der Waals surface area contributed by atoms with Crippen LogP contribution in [0.25, 0.3) is 0 Å². The quantitative estimate of drug-likeness (QED) is 0.239. The highest BCUT2D eigenvalue weighted by Gasteiger charge is 2.25. The van der Waals surface area contributed by atoms with Crippen molar-refractivity contribution in [3.8, 4) is 5.75 Å². The van der Waals surface area contributed by atoms with Crippen LogP contribution in [0.3, 0.4) is 0 Å². The van der Waals surface area contributed by atoms with Gasteiger partial charge in [-0.15, -0.1) is 0 Å². The number of halogens is 1. The number of aliphatic imine (C=N–C) groups is 1. The van der Waals surface area contributed by atoms with E-state index in [1.54, 1.807) is 0 Å². The molecule has 3 rings (SSSR count). The number of aryl methyl sites for hydroxylation is 2. The average molecular weight is 485 g/mol. The summed E-state index contributed by atoms with van der Waals surface area (Å²) < 4.78 is 7.84. The highest BCUT2D eigenvalue weighted by atomic mass is 35.5. The molecule has 0 spiro atoms. The molecule has 1 aliphatic rings. The summed E-state index contributed by atoms with van der Waals surface area (Å²) in [6.07, 6.45) is 9.11. The van der Waals surface area contributed by atoms with Crippen LogP contribution in [0.15, 0.2) is 59.1 Å². The van der Waals surface area contributed by atoms with E-state index in [-0.39, 0.29) is 6.10 Å². The van der Waals surface area contributed by atoms with E-state index in [1.807, 2.05) is 55.1 Å². The number of aliphatic hydroxyl groups excluding tert-OH is 1. The number of rotatable bonds is 11. The zero-order chi connectivity index (χ0) is 24.7. The van der Waals surface area contributed by atoms with Crippen molar-refractivity contribution in [2.24, 2.45) is 4.99 Å². The fourth-order valence-corrected chi connectivity index (χ4v) is 4.05. The van der Waals surface area contributed by atoms with E-state index in [4.69, 9.17) is 21.3 Å². The minimum Gasteiger partial charge on any atom is -0.493 e. The second kappa shape index (κ2) is 12.2. The summed E-state index contributed by atoms with van der Waals surface area (Å²) in [7, 11) is 0. The van der Waals surface area contributed by atoms with Crippen molar-refractivity contribution in [2.45, 2.75) is 59.6 Å². The summed E-state index contributed by atoms with van der Waals surface area (Å²) in [5.41, 5.74) is 4.29. The number of hydrogen-bond donors (Lipinski definition) is 2. The number of nitrogens with one attached hydrogen (secondary N) is 1. The van der Waals surface area contributed by atoms with Gasteiger partial charge in [0.15, 0.2) is 5.84 Å². The highest BCUT2D eigenvalue weighted by Crippen LogP contribution is 2.24. The lowest BCUT2D eigenvalue weighted by Crippen LogP contribution is -2.49. The minimum absolute atomic E-state index is 0.211. The lowest BCUT2D eigenvalue weighted by atomic mass is 10.1. The van der Waals surface area contributed by atoms with Crippen LogP contribution in [-0.2, 0) is 6.54 Å². The molecule has 2 aromatic rings. The fraction of sp³-hybridized carbons (Fsp3) is 0.444. The lowest BCUT2D eigenvalue weighted by Gasteiger charge is -2.35. The Balaban J connectivity index is 1.71. The first-order chi connectivity index (χ1) is 16.3. The molecule has 0 unspecified atom stereocenters. The zero-order valence-corrected chi connectivity index (χ0v) is 21.5. The molecule has 1 aliphatic heterocycles. The molecule has 2 heterocycles. The lowest BCUT2D eigenvalue weighted by molar-refractivity contribution is -0.00294. The van der Waals surface area contributed by atoms with Crippen LogP contribution in [0.5, 0.6) is 5.75 Å². The summed E-state index contributed by atoms with van der Waals surface area (Å²) in [4.78, 5) is 6.92. The van der Waals surface area contributed by atoms with E-state index in [1.165, 1.54) is 18.4 Å². The van der Waals surface area contributed by atoms with Crippen molar-refractivity contribution in [3.63, 3.8) is 0 Å². The van der Waals surface area contributed by atoms with E-state index in [2.05, 4.69) is 30.6 Å². The molecular formula is C27H37ClN4O2. The number of nitrogens with zero attached hydrogens (tertiary/aromatic N) is 3. The number of allylic oxidation sites excluding steroid dienone is 2. The Kier molecular flexibility index (Phi) is 9.39. The standard InChI is InChI=1S/C27H37ClN4O2/c1-6-8-9-12-34-26-11-10-23(13-19(26)3)29-21(5)30-27(25(28)7-2)32-14-20(4)22(16-32)15-31-17-24(33)18-31/h7,10-11,13-14,16,24,29,33H,5-6,8-9,12,15,17-18H2,1-4H3/b25-7+,30-27+. The molecule has 1 saturated heterocycles. The van der Waals surface area contributed by atoms with Gasteiger partial charge in [0.2, 0.25) is 0 Å². The maximum Gasteiger partial charge on any atom is 0.157 e. The molecule has 0 saturated carbocycles. The molecular weight excluding hydrogens is 448 g/mol. The first-order valence-electron chi connectivity index (χ1n) is 12.0. The zero-order valence-electron chi connectivity index (χ0n) is 20.8. The van der Waals surface area contributed by atoms with E-state index in [0.717, 1.165) is 42.1 Å². The summed E-state index contributed by atoms with van der Waals surface area (Å²) in [6.45, 7) is 15.2. The Morgan fingerprint density at radius 3 is 2.68 bits per heavy atom. The summed E-state index contributed by atoms with van der Waals surface area (Å²) in [5.74, 6) is 2.00. The second-order valence-corrected chi connectivity index (χ2v) is 9.31. The smallest absolute Gasteiger partial charge is 0.157 e. The molecule has 0 radical (unpaired) electrons. The molecule has 1 aromatic heterocycles. The van der Waals surface area contributed by atoms with Crippen LogP contribution < -0.4 is 10.1 Å². The van der Waals surface area contributed by atoms with Gasteiger partial charge in [0.05, 0.1) is 17.7 Å². The van der Waals surface area contributed by atoms with E-state index in [0.29, 0.717) is 29.8 Å². The third kappa shape index (κ3) is 6.98. The van der Waals surface area contributed by atoms with Crippen LogP contribution in [0, 0.1) is 13.8 Å². The molecule has 0 bridgehead atoms. The van der Waals surface area contributed by atoms with Crippen LogP contribution in [-0.4, -0.2) is 46.2 Å². The van der Waals surface area contributed by atoms with Gasteiger partial charge in [-0.2, -0.15) is 0 Å². The molecule has 184 valence electrons. The molecule has 0 amide bonds. The normalized spacial score (nSPS) is 15.4. The number of hydrogen-bond acceptors (Lipinski definition) is 5. The van der Waals surface area contributed by atoms with Gasteiger partial charge in [0, 0.05) is 37.7 Å². The number of unbranched alkanes of at least 4 members (excludes halogenated alkanes) is 2. The Bertz CT molecular complexity index is 1050. The number of likely N-dealkylation sites (tertiary alicyclic amines) is 1. The average Bonchev–Trinajstić information content (AvgIpc) is 3.14. The fourth-order valence-electron chi connectivity index (χ4n) is 3.91. The molecule has 0 atom stereocenters. The largest absolute Gasteiger partial charge is 0.493 e. The van der Waals surface area contributed by atoms with Crippen molar-refractivity contribution in [3.05, 3.63) is 70.8 Å². The minimum atomic E-state index is -0.211. The number of β-amino-alcohol motifs (C(OH)–C–C–N with tert-alkyl or cyclic N) is 1. The molecule has 2 N–H and O–H groups in total. The number of ether oxygens (including phenoxy) is 1. The van der Waals surface area contributed by atoms with Gasteiger partial charge >= 0.3 is 0 Å². The SMILES string of the molecule is C=C(/N=C(\C(Cl)=C/C)n1cc(C)c(CN2CC(O)C2)c1)Nc1ccc(OCCCCC)c(C)c1. The van der Waals surface area contributed by atoms with Gasteiger partial charge in [-0.3, -0.25) is 4.90 Å². The van der Waals surface area contributed by atoms with E-state index in [9.17, 15) is 5.11 Å². The molecule has 1 fully saturated rings. The maximum atomic E-state index is 9.56. The van der Waals surface area contributed by atoms with Crippen molar-refractivity contribution < 1.29 is 9.84 Å². The predicted octanol–water partition coefficient (Wildman–Crippen LogP) is 5.82. The summed E-state index contributed by atoms with van der Waals surface area (Å²) in [5, 5.41) is 13.4. The molecule has 34 heavy (non-hydrogen) atoms. The first-order valence-corrected chi connectivity index (χ1v) is 12.4. The molecule has 0 aliphatic carbocycles. The van der Waals surface area contributed by atoms with Crippen molar-refractivity contribution in [1.29, 1.82) is 0 Å². The number of aromatic nitrogens is 1. The Labute approximate surface area is 208 Å². The van der Waals surface area contributed by atoms with E-state index < -0.39 is 0 Å². The van der Waals surface area contributed by atoms with Gasteiger partial charge in [-0.05, 0) is 62.1 Å². The molecule has 7 heteroatoms. The van der Waals surface area contributed by atoms with Crippen LogP contribution in [0.1, 0.15) is 49.8 Å². The number of aliphatic hydroxyl groups is 1. The van der Waals surface area contributed by atoms with Gasteiger partial charge in [0.25, 0.3) is 0 Å². The van der Waals surface area contributed by atoms with Crippen LogP contribution >= 0.6 is 11.6 Å². The monoisotopic (exact) mass is 484 g/mol. The van der Waals surface area contributed by atoms with Crippen LogP contribution in [0.4, 0.5) is 5.69 Å². The number of benzene rings is 1. The van der Waals surface area contributed by atoms with Crippen molar-refractivity contribution in [2.75, 3.05) is 25.0 Å². The molecule has 6 nitrogen and oxygen atoms in total. The second-order valence-electron chi connectivity index (χ2n) is 8.90. The topological polar surface area (TPSA) is 62.0 Å². The summed E-state index contributed by atoms with van der Waals surface area (Å²) >= 11 is 6.54. The van der Waals surface area contributed by atoms with Gasteiger partial charge in [0.1, 0.15) is 11.6 Å². The van der Waals surface area contributed by atoms with Crippen molar-refractivity contribution >= 4 is 23.1 Å². The van der Waals surface area contributed by atoms with Crippen molar-refractivity contribution in [1.82, 2.24) is 9.47 Å². The Morgan fingerprint density at radius 1 is 1.26 bits per heavy atom. The van der Waals surface area contributed by atoms with Gasteiger partial charge in [-0.25, -0.2) is 4.99 Å². The third-order valence-corrected chi connectivity index (χ3v) is 6.27. The summed E-state index contributed by atoms with van der Waals surface area (Å²) in [6, 6.07) is 5.99. The maximum absolute atomic E-state index is 9.56. The Morgan fingerprint density at radius 2 is 2.03 bits per heavy atom. The molecule has 1 aromatic carbocycles. The number of anilines is 1.